The molecule has 9 heteroatoms. The average Bonchev–Trinajstić information content (AvgIpc) is 3.69. The van der Waals surface area contributed by atoms with Gasteiger partial charge in [-0.1, -0.05) is 29.8 Å². The Morgan fingerprint density at radius 3 is 2.55 bits per heavy atom. The highest BCUT2D eigenvalue weighted by Gasteiger charge is 2.16. The molecule has 0 saturated carbocycles. The molecule has 200 valence electrons. The van der Waals surface area contributed by atoms with Crippen LogP contribution in [0, 0.1) is 20.8 Å². The average molecular weight is 550 g/mol. The number of nitrogens with one attached hydrogen (secondary N) is 2. The topological polar surface area (TPSA) is 89.8 Å². The first-order valence-corrected chi connectivity index (χ1v) is 13.6. The Hall–Kier alpha value is -4.89. The van der Waals surface area contributed by atoms with Gasteiger partial charge in [-0.15, -0.1) is 11.3 Å². The normalized spacial score (nSPS) is 12.2. The van der Waals surface area contributed by atoms with E-state index in [0.717, 1.165) is 56.2 Å². The molecule has 2 N–H and O–H groups in total. The number of rotatable bonds is 7. The number of ether oxygens (including phenoxy) is 2. The van der Waals surface area contributed by atoms with Crippen molar-refractivity contribution in [3.05, 3.63) is 106 Å². The molecular formula is C31H27N5O3S. The molecule has 0 bridgehead atoms. The van der Waals surface area contributed by atoms with Crippen molar-refractivity contribution in [3.63, 3.8) is 0 Å². The highest BCUT2D eigenvalue weighted by molar-refractivity contribution is 7.14. The molecule has 2 aromatic heterocycles. The molecule has 0 radical (unpaired) electrons. The predicted octanol–water partition coefficient (Wildman–Crippen LogP) is 6.76. The Bertz CT molecular complexity index is 1720. The Balaban J connectivity index is 1.10. The summed E-state index contributed by atoms with van der Waals surface area (Å²) in [6.07, 6.45) is 1.66. The van der Waals surface area contributed by atoms with E-state index in [0.29, 0.717) is 5.56 Å². The summed E-state index contributed by atoms with van der Waals surface area (Å²) in [6, 6.07) is 23.4. The molecule has 0 spiro atoms. The van der Waals surface area contributed by atoms with Crippen molar-refractivity contribution in [1.82, 2.24) is 15.0 Å². The Labute approximate surface area is 235 Å². The van der Waals surface area contributed by atoms with Gasteiger partial charge in [-0.25, -0.2) is 10.4 Å². The van der Waals surface area contributed by atoms with Gasteiger partial charge in [0.1, 0.15) is 0 Å². The number of carbonyl (C=O) groups excluding carboxylic acids is 1. The molecule has 0 fully saturated rings. The summed E-state index contributed by atoms with van der Waals surface area (Å²) in [6.45, 7) is 6.34. The minimum Gasteiger partial charge on any atom is -0.454 e. The minimum atomic E-state index is -0.285. The van der Waals surface area contributed by atoms with E-state index in [1.807, 2.05) is 67.8 Å². The third-order valence-electron chi connectivity index (χ3n) is 6.70. The summed E-state index contributed by atoms with van der Waals surface area (Å²) in [5.74, 6) is 1.19. The SMILES string of the molecule is Cc1ccc(Nc2nc(-c3ccc(C(=O)N/N=C\c4cc(C)n(-c5ccc6c(c5)OCO6)c4C)cc3)cs2)cc1. The molecule has 0 unspecified atom stereocenters. The summed E-state index contributed by atoms with van der Waals surface area (Å²) in [4.78, 5) is 17.4. The minimum absolute atomic E-state index is 0.237. The number of fused-ring (bicyclic) bond motifs is 1. The molecular weight excluding hydrogens is 522 g/mol. The maximum Gasteiger partial charge on any atom is 0.271 e. The molecule has 0 atom stereocenters. The number of thiazole rings is 1. The van der Waals surface area contributed by atoms with Crippen LogP contribution in [-0.2, 0) is 0 Å². The summed E-state index contributed by atoms with van der Waals surface area (Å²) < 4.78 is 13.1. The van der Waals surface area contributed by atoms with Gasteiger partial charge in [-0.2, -0.15) is 5.10 Å². The lowest BCUT2D eigenvalue weighted by Gasteiger charge is -2.10. The van der Waals surface area contributed by atoms with Gasteiger partial charge in [0.2, 0.25) is 6.79 Å². The number of amides is 1. The van der Waals surface area contributed by atoms with Crippen molar-refractivity contribution in [2.45, 2.75) is 20.8 Å². The van der Waals surface area contributed by atoms with Gasteiger partial charge in [-0.3, -0.25) is 4.79 Å². The quantitative estimate of drug-likeness (QED) is 0.173. The summed E-state index contributed by atoms with van der Waals surface area (Å²) in [7, 11) is 0. The van der Waals surface area contributed by atoms with Crippen LogP contribution in [0.2, 0.25) is 0 Å². The standard InChI is InChI=1S/C31H27N5O3S/c1-19-4-10-25(11-5-19)33-31-34-27(17-40-31)22-6-8-23(9-7-22)30(37)35-32-16-24-14-20(2)36(21(24)3)26-12-13-28-29(15-26)39-18-38-28/h4-17H,18H2,1-3H3,(H,33,34)(H,35,37)/b32-16-. The zero-order valence-electron chi connectivity index (χ0n) is 22.3. The number of nitrogens with zero attached hydrogens (tertiary/aromatic N) is 3. The van der Waals surface area contributed by atoms with E-state index in [-0.39, 0.29) is 12.7 Å². The number of benzene rings is 3. The lowest BCUT2D eigenvalue weighted by molar-refractivity contribution is 0.0955. The van der Waals surface area contributed by atoms with Gasteiger partial charge in [0.15, 0.2) is 16.6 Å². The number of carbonyl (C=O) groups is 1. The lowest BCUT2D eigenvalue weighted by atomic mass is 10.1. The Morgan fingerprint density at radius 2 is 1.75 bits per heavy atom. The molecule has 1 aliphatic rings. The molecule has 1 amide bonds. The monoisotopic (exact) mass is 549 g/mol. The second-order valence-electron chi connectivity index (χ2n) is 9.50. The zero-order chi connectivity index (χ0) is 27.6. The summed E-state index contributed by atoms with van der Waals surface area (Å²) >= 11 is 1.54. The van der Waals surface area contributed by atoms with Gasteiger partial charge in [0, 0.05) is 50.9 Å². The number of anilines is 2. The van der Waals surface area contributed by atoms with Crippen LogP contribution in [0.4, 0.5) is 10.8 Å². The van der Waals surface area contributed by atoms with Crippen LogP contribution in [0.3, 0.4) is 0 Å². The number of hydrogen-bond donors (Lipinski definition) is 2. The highest BCUT2D eigenvalue weighted by atomic mass is 32.1. The van der Waals surface area contributed by atoms with Gasteiger partial charge >= 0.3 is 0 Å². The highest BCUT2D eigenvalue weighted by Crippen LogP contribution is 2.35. The molecule has 5 aromatic rings. The van der Waals surface area contributed by atoms with E-state index in [4.69, 9.17) is 9.47 Å². The number of aryl methyl sites for hydroxylation is 2. The largest absolute Gasteiger partial charge is 0.454 e. The van der Waals surface area contributed by atoms with Crippen molar-refractivity contribution in [3.8, 4) is 28.4 Å². The first-order chi connectivity index (χ1) is 19.4. The predicted molar refractivity (Wildman–Crippen MR) is 158 cm³/mol. The molecule has 0 aliphatic carbocycles. The van der Waals surface area contributed by atoms with Crippen LogP contribution < -0.4 is 20.2 Å². The summed E-state index contributed by atoms with van der Waals surface area (Å²) in [5.41, 5.74) is 11.1. The fourth-order valence-corrected chi connectivity index (χ4v) is 5.32. The smallest absolute Gasteiger partial charge is 0.271 e. The van der Waals surface area contributed by atoms with Crippen LogP contribution in [0.5, 0.6) is 11.5 Å². The van der Waals surface area contributed by atoms with Gasteiger partial charge in [0.25, 0.3) is 5.91 Å². The summed E-state index contributed by atoms with van der Waals surface area (Å²) in [5, 5.41) is 10.4. The Morgan fingerprint density at radius 1 is 0.975 bits per heavy atom. The first-order valence-electron chi connectivity index (χ1n) is 12.8. The van der Waals surface area contributed by atoms with Gasteiger partial charge < -0.3 is 19.4 Å². The second kappa shape index (κ2) is 10.7. The van der Waals surface area contributed by atoms with Crippen LogP contribution in [0.15, 0.2) is 83.3 Å². The van der Waals surface area contributed by atoms with Crippen LogP contribution in [-0.4, -0.2) is 28.5 Å². The van der Waals surface area contributed by atoms with E-state index >= 15 is 0 Å². The third-order valence-corrected chi connectivity index (χ3v) is 7.46. The van der Waals surface area contributed by atoms with E-state index in [2.05, 4.69) is 44.5 Å². The molecule has 6 rings (SSSR count). The number of aromatic nitrogens is 2. The lowest BCUT2D eigenvalue weighted by Crippen LogP contribution is -2.17. The van der Waals surface area contributed by atoms with Crippen molar-refractivity contribution >= 4 is 34.3 Å². The number of hydrogen-bond acceptors (Lipinski definition) is 7. The van der Waals surface area contributed by atoms with E-state index in [1.165, 1.54) is 16.9 Å². The van der Waals surface area contributed by atoms with Gasteiger partial charge in [-0.05, 0) is 63.2 Å². The third kappa shape index (κ3) is 5.19. The van der Waals surface area contributed by atoms with E-state index in [9.17, 15) is 4.79 Å². The zero-order valence-corrected chi connectivity index (χ0v) is 23.1. The van der Waals surface area contributed by atoms with Crippen LogP contribution in [0.25, 0.3) is 16.9 Å². The van der Waals surface area contributed by atoms with Crippen LogP contribution in [0.1, 0.15) is 32.9 Å². The molecule has 40 heavy (non-hydrogen) atoms. The molecule has 0 saturated heterocycles. The first kappa shape index (κ1) is 25.4. The fraction of sp³-hybridized carbons (Fsp3) is 0.129. The Kier molecular flexibility index (Phi) is 6.79. The van der Waals surface area contributed by atoms with Crippen LogP contribution >= 0.6 is 11.3 Å². The molecule has 1 aliphatic heterocycles. The molecule has 3 aromatic carbocycles. The van der Waals surface area contributed by atoms with Crippen molar-refractivity contribution < 1.29 is 14.3 Å². The van der Waals surface area contributed by atoms with Crippen molar-refractivity contribution in [2.75, 3.05) is 12.1 Å². The van der Waals surface area contributed by atoms with E-state index < -0.39 is 0 Å². The van der Waals surface area contributed by atoms with Crippen molar-refractivity contribution in [2.24, 2.45) is 5.10 Å². The molecule has 3 heterocycles. The maximum absolute atomic E-state index is 12.7. The number of hydrazone groups is 1. The van der Waals surface area contributed by atoms with Crippen molar-refractivity contribution in [1.29, 1.82) is 0 Å². The fourth-order valence-electron chi connectivity index (χ4n) is 4.58. The maximum atomic E-state index is 12.7. The second-order valence-corrected chi connectivity index (χ2v) is 10.4. The molecule has 8 nitrogen and oxygen atoms in total. The van der Waals surface area contributed by atoms with Gasteiger partial charge in [0.05, 0.1) is 11.9 Å². The van der Waals surface area contributed by atoms with E-state index in [1.54, 1.807) is 18.3 Å².